The van der Waals surface area contributed by atoms with Gasteiger partial charge in [0.05, 0.1) is 11.8 Å². The van der Waals surface area contributed by atoms with Crippen molar-refractivity contribution in [2.45, 2.75) is 65.1 Å². The second-order valence-corrected chi connectivity index (χ2v) is 9.92. The normalized spacial score (nSPS) is 20.5. The van der Waals surface area contributed by atoms with Crippen molar-refractivity contribution in [3.63, 3.8) is 0 Å². The number of allylic oxidation sites excluding steroid dienone is 2. The predicted octanol–water partition coefficient (Wildman–Crippen LogP) is 3.97. The molecule has 1 aromatic rings. The van der Waals surface area contributed by atoms with E-state index in [2.05, 4.69) is 5.32 Å². The molecule has 4 amide bonds. The number of imide groups is 1. The Morgan fingerprint density at radius 1 is 1.12 bits per heavy atom. The van der Waals surface area contributed by atoms with Crippen LogP contribution in [0.1, 0.15) is 52.0 Å². The summed E-state index contributed by atoms with van der Waals surface area (Å²) < 4.78 is 0. The fraction of sp³-hybridized carbons (Fsp3) is 0.520. The Bertz CT molecular complexity index is 968. The van der Waals surface area contributed by atoms with E-state index < -0.39 is 6.04 Å². The monoisotopic (exact) mass is 507 g/mol. The molecule has 1 aliphatic carbocycles. The molecule has 3 rings (SSSR count). The molecule has 1 fully saturated rings. The standard InChI is InChI=1S/C25H31Cl2N3O4/c1-4-21(23(32)28-15(2)3)30(14-16-9-10-17(26)13-20(16)27)22(31)11-12-29-24(33)18-7-5-6-8-19(18)25(29)34/h5-6,9-10,13,15,18-19,21H,4,7-8,11-12,14H2,1-3H3,(H,28,32)/t18-,19+,21?. The summed E-state index contributed by atoms with van der Waals surface area (Å²) in [6.45, 7) is 5.64. The summed E-state index contributed by atoms with van der Waals surface area (Å²) in [5, 5.41) is 3.74. The predicted molar refractivity (Wildman–Crippen MR) is 131 cm³/mol. The lowest BCUT2D eigenvalue weighted by molar-refractivity contribution is -0.144. The Hall–Kier alpha value is -2.38. The van der Waals surface area contributed by atoms with Crippen LogP contribution in [0.2, 0.25) is 10.0 Å². The number of benzene rings is 1. The fourth-order valence-electron chi connectivity index (χ4n) is 4.57. The zero-order valence-electron chi connectivity index (χ0n) is 19.7. The molecule has 2 aliphatic rings. The zero-order chi connectivity index (χ0) is 25.0. The van der Waals surface area contributed by atoms with Crippen molar-refractivity contribution >= 4 is 46.8 Å². The second-order valence-electron chi connectivity index (χ2n) is 9.08. The van der Waals surface area contributed by atoms with E-state index in [4.69, 9.17) is 23.2 Å². The highest BCUT2D eigenvalue weighted by Crippen LogP contribution is 2.35. The van der Waals surface area contributed by atoms with Gasteiger partial charge in [0.2, 0.25) is 23.6 Å². The summed E-state index contributed by atoms with van der Waals surface area (Å²) in [7, 11) is 0. The lowest BCUT2D eigenvalue weighted by Gasteiger charge is -2.32. The van der Waals surface area contributed by atoms with Gasteiger partial charge < -0.3 is 10.2 Å². The summed E-state index contributed by atoms with van der Waals surface area (Å²) in [4.78, 5) is 54.6. The number of carbonyl (C=O) groups is 4. The van der Waals surface area contributed by atoms with Crippen LogP contribution in [-0.4, -0.2) is 52.1 Å². The molecule has 9 heteroatoms. The van der Waals surface area contributed by atoms with E-state index >= 15 is 0 Å². The van der Waals surface area contributed by atoms with Crippen LogP contribution in [0, 0.1) is 11.8 Å². The average Bonchev–Trinajstić information content (AvgIpc) is 3.03. The minimum Gasteiger partial charge on any atom is -0.352 e. The van der Waals surface area contributed by atoms with Gasteiger partial charge in [-0.05, 0) is 50.8 Å². The number of fused-ring (bicyclic) bond motifs is 1. The topological polar surface area (TPSA) is 86.8 Å². The quantitative estimate of drug-likeness (QED) is 0.404. The number of carbonyl (C=O) groups excluding carboxylic acids is 4. The number of halogens is 2. The number of hydrogen-bond donors (Lipinski definition) is 1. The number of nitrogens with zero attached hydrogens (tertiary/aromatic N) is 2. The van der Waals surface area contributed by atoms with Gasteiger partial charge in [0, 0.05) is 35.6 Å². The Morgan fingerprint density at radius 2 is 1.74 bits per heavy atom. The van der Waals surface area contributed by atoms with Crippen molar-refractivity contribution in [2.75, 3.05) is 6.54 Å². The SMILES string of the molecule is CCC(C(=O)NC(C)C)N(Cc1ccc(Cl)cc1Cl)C(=O)CCN1C(=O)[C@H]2CC=CC[C@H]2C1=O. The molecule has 0 aromatic heterocycles. The molecule has 1 N–H and O–H groups in total. The number of rotatable bonds is 9. The van der Waals surface area contributed by atoms with Crippen molar-refractivity contribution in [3.05, 3.63) is 46.0 Å². The molecule has 1 aromatic carbocycles. The first-order chi connectivity index (χ1) is 16.1. The number of nitrogens with one attached hydrogen (secondary N) is 1. The lowest BCUT2D eigenvalue weighted by atomic mass is 9.85. The van der Waals surface area contributed by atoms with E-state index in [1.165, 1.54) is 9.80 Å². The molecule has 184 valence electrons. The molecule has 0 bridgehead atoms. The highest BCUT2D eigenvalue weighted by Gasteiger charge is 2.47. The molecule has 0 spiro atoms. The van der Waals surface area contributed by atoms with Gasteiger partial charge in [-0.2, -0.15) is 0 Å². The van der Waals surface area contributed by atoms with Gasteiger partial charge in [-0.25, -0.2) is 0 Å². The molecule has 1 aliphatic heterocycles. The van der Waals surface area contributed by atoms with E-state index in [0.29, 0.717) is 34.9 Å². The maximum atomic E-state index is 13.4. The minimum absolute atomic E-state index is 0.00339. The van der Waals surface area contributed by atoms with Crippen molar-refractivity contribution in [3.8, 4) is 0 Å². The molecule has 0 radical (unpaired) electrons. The third-order valence-electron chi connectivity index (χ3n) is 6.32. The van der Waals surface area contributed by atoms with Crippen LogP contribution in [0.5, 0.6) is 0 Å². The maximum absolute atomic E-state index is 13.4. The molecular formula is C25H31Cl2N3O4. The lowest BCUT2D eigenvalue weighted by Crippen LogP contribution is -2.51. The third kappa shape index (κ3) is 5.81. The highest BCUT2D eigenvalue weighted by molar-refractivity contribution is 6.35. The fourth-order valence-corrected chi connectivity index (χ4v) is 5.04. The van der Waals surface area contributed by atoms with Crippen molar-refractivity contribution in [2.24, 2.45) is 11.8 Å². The molecule has 7 nitrogen and oxygen atoms in total. The Morgan fingerprint density at radius 3 is 2.26 bits per heavy atom. The van der Waals surface area contributed by atoms with Crippen LogP contribution in [0.15, 0.2) is 30.4 Å². The molecule has 34 heavy (non-hydrogen) atoms. The van der Waals surface area contributed by atoms with Crippen molar-refractivity contribution < 1.29 is 19.2 Å². The Kier molecular flexibility index (Phi) is 8.77. The van der Waals surface area contributed by atoms with Gasteiger partial charge in [-0.3, -0.25) is 24.1 Å². The number of likely N-dealkylation sites (tertiary alicyclic amines) is 1. The maximum Gasteiger partial charge on any atom is 0.243 e. The summed E-state index contributed by atoms with van der Waals surface area (Å²) in [5.74, 6) is -1.70. The molecule has 1 saturated heterocycles. The van der Waals surface area contributed by atoms with E-state index in [-0.39, 0.29) is 61.0 Å². The van der Waals surface area contributed by atoms with E-state index in [1.807, 2.05) is 32.9 Å². The average molecular weight is 508 g/mol. The van der Waals surface area contributed by atoms with Crippen LogP contribution in [-0.2, 0) is 25.7 Å². The van der Waals surface area contributed by atoms with Gasteiger partial charge >= 0.3 is 0 Å². The highest BCUT2D eigenvalue weighted by atomic mass is 35.5. The van der Waals surface area contributed by atoms with Crippen LogP contribution < -0.4 is 5.32 Å². The molecular weight excluding hydrogens is 477 g/mol. The second kappa shape index (κ2) is 11.4. The first-order valence-electron chi connectivity index (χ1n) is 11.7. The summed E-state index contributed by atoms with van der Waals surface area (Å²) >= 11 is 12.4. The first kappa shape index (κ1) is 26.2. The van der Waals surface area contributed by atoms with Gasteiger partial charge in [0.1, 0.15) is 6.04 Å². The molecule has 1 unspecified atom stereocenters. The van der Waals surface area contributed by atoms with Gasteiger partial charge in [-0.1, -0.05) is 48.3 Å². The summed E-state index contributed by atoms with van der Waals surface area (Å²) in [6, 6.07) is 4.18. The van der Waals surface area contributed by atoms with E-state index in [1.54, 1.807) is 18.2 Å². The van der Waals surface area contributed by atoms with Gasteiger partial charge in [-0.15, -0.1) is 0 Å². The van der Waals surface area contributed by atoms with Gasteiger partial charge in [0.15, 0.2) is 0 Å². The summed E-state index contributed by atoms with van der Waals surface area (Å²) in [5.41, 5.74) is 0.653. The minimum atomic E-state index is -0.724. The smallest absolute Gasteiger partial charge is 0.243 e. The summed E-state index contributed by atoms with van der Waals surface area (Å²) in [6.07, 6.45) is 5.28. The van der Waals surface area contributed by atoms with Crippen LogP contribution in [0.25, 0.3) is 0 Å². The Balaban J connectivity index is 1.79. The largest absolute Gasteiger partial charge is 0.352 e. The van der Waals surface area contributed by atoms with Crippen LogP contribution in [0.4, 0.5) is 0 Å². The Labute approximate surface area is 210 Å². The zero-order valence-corrected chi connectivity index (χ0v) is 21.2. The van der Waals surface area contributed by atoms with Crippen LogP contribution >= 0.6 is 23.2 Å². The first-order valence-corrected chi connectivity index (χ1v) is 12.4. The molecule has 1 heterocycles. The van der Waals surface area contributed by atoms with E-state index in [0.717, 1.165) is 0 Å². The third-order valence-corrected chi connectivity index (χ3v) is 6.91. The molecule has 0 saturated carbocycles. The van der Waals surface area contributed by atoms with Crippen molar-refractivity contribution in [1.29, 1.82) is 0 Å². The van der Waals surface area contributed by atoms with E-state index in [9.17, 15) is 19.2 Å². The number of hydrogen-bond acceptors (Lipinski definition) is 4. The van der Waals surface area contributed by atoms with Crippen molar-refractivity contribution in [1.82, 2.24) is 15.1 Å². The molecule has 3 atom stereocenters. The van der Waals surface area contributed by atoms with Gasteiger partial charge in [0.25, 0.3) is 0 Å². The van der Waals surface area contributed by atoms with Crippen LogP contribution in [0.3, 0.4) is 0 Å². The number of amides is 4.